The predicted octanol–water partition coefficient (Wildman–Crippen LogP) is 1.83. The predicted molar refractivity (Wildman–Crippen MR) is 66.9 cm³/mol. The third kappa shape index (κ3) is 2.43. The molecule has 0 aliphatic carbocycles. The van der Waals surface area contributed by atoms with Gasteiger partial charge in [0, 0.05) is 6.54 Å². The number of aromatic nitrogens is 3. The molecule has 1 aromatic heterocycles. The van der Waals surface area contributed by atoms with E-state index in [1.807, 2.05) is 13.8 Å². The summed E-state index contributed by atoms with van der Waals surface area (Å²) in [7, 11) is -3.55. The first-order valence-electron chi connectivity index (χ1n) is 5.76. The Hall–Kier alpha value is -1.69. The van der Waals surface area contributed by atoms with Gasteiger partial charge in [-0.25, -0.2) is 8.42 Å². The van der Waals surface area contributed by atoms with Crippen LogP contribution in [0.5, 0.6) is 0 Å². The fourth-order valence-electron chi connectivity index (χ4n) is 1.58. The Labute approximate surface area is 106 Å². The molecule has 96 valence electrons. The Morgan fingerprint density at radius 1 is 1.22 bits per heavy atom. The molecule has 0 N–H and O–H groups in total. The molecule has 0 saturated carbocycles. The van der Waals surface area contributed by atoms with Gasteiger partial charge in [-0.1, -0.05) is 29.8 Å². The molecule has 0 bridgehead atoms. The van der Waals surface area contributed by atoms with Crippen LogP contribution in [0.3, 0.4) is 0 Å². The number of hydrogen-bond donors (Lipinski definition) is 0. The minimum Gasteiger partial charge on any atom is -0.251 e. The largest absolute Gasteiger partial charge is 0.251 e. The highest BCUT2D eigenvalue weighted by atomic mass is 32.2. The lowest BCUT2D eigenvalue weighted by Crippen LogP contribution is -2.02. The van der Waals surface area contributed by atoms with Crippen molar-refractivity contribution >= 4 is 9.84 Å². The molecule has 2 aromatic rings. The summed E-state index contributed by atoms with van der Waals surface area (Å²) in [5.74, 6) is 0. The quantitative estimate of drug-likeness (QED) is 0.846. The summed E-state index contributed by atoms with van der Waals surface area (Å²) in [6.07, 6.45) is 2.35. The molecular weight excluding hydrogens is 250 g/mol. The van der Waals surface area contributed by atoms with Crippen LogP contribution in [0, 0.1) is 6.92 Å². The van der Waals surface area contributed by atoms with Crippen molar-refractivity contribution in [1.29, 1.82) is 0 Å². The standard InChI is InChI=1S/C12H15N3O2S/c1-3-8-15-9-12(13-14-15)18(16,17)11-6-4-10(2)5-7-11/h4-7,9H,3,8H2,1-2H3. The van der Waals surface area contributed by atoms with Crippen molar-refractivity contribution in [2.45, 2.75) is 36.7 Å². The molecule has 0 aliphatic rings. The third-order valence-corrected chi connectivity index (χ3v) is 4.21. The first kappa shape index (κ1) is 12.8. The Bertz CT molecular complexity index is 630. The second-order valence-electron chi connectivity index (χ2n) is 4.14. The molecule has 0 radical (unpaired) electrons. The van der Waals surface area contributed by atoms with Gasteiger partial charge >= 0.3 is 0 Å². The normalized spacial score (nSPS) is 11.7. The highest BCUT2D eigenvalue weighted by molar-refractivity contribution is 7.91. The molecule has 1 aromatic carbocycles. The van der Waals surface area contributed by atoms with Gasteiger partial charge in [-0.05, 0) is 25.5 Å². The number of aryl methyl sites for hydroxylation is 2. The fourth-order valence-corrected chi connectivity index (χ4v) is 2.72. The maximum absolute atomic E-state index is 12.2. The van der Waals surface area contributed by atoms with Gasteiger partial charge in [-0.2, -0.15) is 0 Å². The molecular formula is C12H15N3O2S. The Morgan fingerprint density at radius 2 is 1.89 bits per heavy atom. The van der Waals surface area contributed by atoms with Crippen LogP contribution in [0.1, 0.15) is 18.9 Å². The summed E-state index contributed by atoms with van der Waals surface area (Å²) < 4.78 is 26.0. The van der Waals surface area contributed by atoms with Gasteiger partial charge in [0.1, 0.15) is 0 Å². The summed E-state index contributed by atoms with van der Waals surface area (Å²) >= 11 is 0. The van der Waals surface area contributed by atoms with E-state index in [9.17, 15) is 8.42 Å². The van der Waals surface area contributed by atoms with E-state index < -0.39 is 9.84 Å². The number of nitrogens with zero attached hydrogens (tertiary/aromatic N) is 3. The molecule has 5 nitrogen and oxygen atoms in total. The molecule has 0 atom stereocenters. The zero-order valence-electron chi connectivity index (χ0n) is 10.4. The lowest BCUT2D eigenvalue weighted by atomic mass is 10.2. The van der Waals surface area contributed by atoms with Crippen molar-refractivity contribution in [1.82, 2.24) is 15.0 Å². The Balaban J connectivity index is 2.38. The summed E-state index contributed by atoms with van der Waals surface area (Å²) in [5.41, 5.74) is 1.02. The van der Waals surface area contributed by atoms with Gasteiger partial charge in [0.05, 0.1) is 11.1 Å². The maximum atomic E-state index is 12.2. The van der Waals surface area contributed by atoms with Gasteiger partial charge < -0.3 is 0 Å². The van der Waals surface area contributed by atoms with Crippen LogP contribution < -0.4 is 0 Å². The molecule has 18 heavy (non-hydrogen) atoms. The highest BCUT2D eigenvalue weighted by Gasteiger charge is 2.21. The minimum absolute atomic E-state index is 0.000182. The number of benzene rings is 1. The van der Waals surface area contributed by atoms with Crippen LogP contribution in [0.2, 0.25) is 0 Å². The van der Waals surface area contributed by atoms with E-state index in [1.165, 1.54) is 6.20 Å². The van der Waals surface area contributed by atoms with E-state index in [2.05, 4.69) is 10.3 Å². The van der Waals surface area contributed by atoms with Crippen LogP contribution in [-0.4, -0.2) is 23.4 Å². The van der Waals surface area contributed by atoms with Gasteiger partial charge in [0.15, 0.2) is 0 Å². The summed E-state index contributed by atoms with van der Waals surface area (Å²) in [6.45, 7) is 4.57. The number of hydrogen-bond acceptors (Lipinski definition) is 4. The second-order valence-corrected chi connectivity index (χ2v) is 6.03. The molecule has 6 heteroatoms. The maximum Gasteiger partial charge on any atom is 0.227 e. The van der Waals surface area contributed by atoms with Crippen molar-refractivity contribution in [2.75, 3.05) is 0 Å². The Kier molecular flexibility index (Phi) is 3.47. The van der Waals surface area contributed by atoms with E-state index in [4.69, 9.17) is 0 Å². The molecule has 1 heterocycles. The van der Waals surface area contributed by atoms with Gasteiger partial charge in [-0.15, -0.1) is 5.10 Å². The third-order valence-electron chi connectivity index (χ3n) is 2.58. The van der Waals surface area contributed by atoms with Gasteiger partial charge in [-0.3, -0.25) is 4.68 Å². The van der Waals surface area contributed by atoms with Gasteiger partial charge in [0.25, 0.3) is 0 Å². The lowest BCUT2D eigenvalue weighted by Gasteiger charge is -2.00. The van der Waals surface area contributed by atoms with Crippen LogP contribution in [0.25, 0.3) is 0 Å². The van der Waals surface area contributed by atoms with Crippen molar-refractivity contribution in [2.24, 2.45) is 0 Å². The van der Waals surface area contributed by atoms with Crippen LogP contribution >= 0.6 is 0 Å². The van der Waals surface area contributed by atoms with E-state index in [-0.39, 0.29) is 9.92 Å². The fraction of sp³-hybridized carbons (Fsp3) is 0.333. The first-order valence-corrected chi connectivity index (χ1v) is 7.24. The molecule has 0 amide bonds. The van der Waals surface area contributed by atoms with Gasteiger partial charge in [0.2, 0.25) is 14.9 Å². The lowest BCUT2D eigenvalue weighted by molar-refractivity contribution is 0.578. The average Bonchev–Trinajstić information content (AvgIpc) is 2.79. The summed E-state index contributed by atoms with van der Waals surface area (Å²) in [4.78, 5) is 0.247. The van der Waals surface area contributed by atoms with E-state index >= 15 is 0 Å². The average molecular weight is 265 g/mol. The number of sulfone groups is 1. The van der Waals surface area contributed by atoms with Crippen molar-refractivity contribution in [3.8, 4) is 0 Å². The van der Waals surface area contributed by atoms with E-state index in [0.29, 0.717) is 6.54 Å². The smallest absolute Gasteiger partial charge is 0.227 e. The SMILES string of the molecule is CCCn1cc(S(=O)(=O)c2ccc(C)cc2)nn1. The van der Waals surface area contributed by atoms with Crippen molar-refractivity contribution in [3.05, 3.63) is 36.0 Å². The second kappa shape index (κ2) is 4.89. The van der Waals surface area contributed by atoms with Crippen LogP contribution in [-0.2, 0) is 16.4 Å². The minimum atomic E-state index is -3.55. The van der Waals surface area contributed by atoms with Crippen LogP contribution in [0.15, 0.2) is 40.4 Å². The Morgan fingerprint density at radius 3 is 2.50 bits per heavy atom. The summed E-state index contributed by atoms with van der Waals surface area (Å²) in [6, 6.07) is 6.71. The topological polar surface area (TPSA) is 64.8 Å². The molecule has 0 fully saturated rings. The molecule has 0 aliphatic heterocycles. The van der Waals surface area contributed by atoms with E-state index in [1.54, 1.807) is 28.9 Å². The molecule has 0 unspecified atom stereocenters. The molecule has 0 spiro atoms. The molecule has 2 rings (SSSR count). The van der Waals surface area contributed by atoms with Crippen molar-refractivity contribution in [3.63, 3.8) is 0 Å². The number of rotatable bonds is 4. The zero-order valence-corrected chi connectivity index (χ0v) is 11.2. The van der Waals surface area contributed by atoms with Crippen molar-refractivity contribution < 1.29 is 8.42 Å². The highest BCUT2D eigenvalue weighted by Crippen LogP contribution is 2.18. The monoisotopic (exact) mass is 265 g/mol. The first-order chi connectivity index (χ1) is 8.54. The van der Waals surface area contributed by atoms with Crippen LogP contribution in [0.4, 0.5) is 0 Å². The van der Waals surface area contributed by atoms with E-state index in [0.717, 1.165) is 12.0 Å². The zero-order chi connectivity index (χ0) is 13.2. The summed E-state index contributed by atoms with van der Waals surface area (Å²) in [5, 5.41) is 7.53. The molecule has 0 saturated heterocycles.